The van der Waals surface area contributed by atoms with Gasteiger partial charge in [-0.2, -0.15) is 12.6 Å². The van der Waals surface area contributed by atoms with Crippen LogP contribution >= 0.6 is 12.6 Å². The van der Waals surface area contributed by atoms with Crippen LogP contribution in [0.5, 0.6) is 0 Å². The number of carbonyl (C=O) groups excluding carboxylic acids is 3. The van der Waals surface area contributed by atoms with Gasteiger partial charge in [0.2, 0.25) is 17.7 Å². The Balaban J connectivity index is 1.81. The Hall–Kier alpha value is -3.38. The van der Waals surface area contributed by atoms with E-state index in [1.54, 1.807) is 0 Å². The standard InChI is InChI=1S/C20H26N6O5S/c21-14(6-12-4-2-1-3-5-12)18(28)26-16(10-32)19(29)23-9-17(27)25-15(20(30)31)7-13-8-22-11-24-13/h1-5,8,11,14-16,32H,6-7,9-10,21H2,(H,22,24)(H,23,29)(H,25,27)(H,26,28)(H,30,31). The van der Waals surface area contributed by atoms with Gasteiger partial charge in [-0.15, -0.1) is 0 Å². The molecule has 0 radical (unpaired) electrons. The van der Waals surface area contributed by atoms with E-state index in [4.69, 9.17) is 5.73 Å². The van der Waals surface area contributed by atoms with Gasteiger partial charge in [0.25, 0.3) is 0 Å². The summed E-state index contributed by atoms with van der Waals surface area (Å²) in [4.78, 5) is 54.7. The van der Waals surface area contributed by atoms with Crippen LogP contribution in [-0.4, -0.2) is 69.2 Å². The quantitative estimate of drug-likeness (QED) is 0.190. The highest BCUT2D eigenvalue weighted by molar-refractivity contribution is 7.80. The zero-order chi connectivity index (χ0) is 23.5. The molecule has 0 aliphatic rings. The molecule has 1 aromatic heterocycles. The molecule has 2 aromatic rings. The fourth-order valence-electron chi connectivity index (χ4n) is 2.79. The number of aliphatic carboxylic acids is 1. The highest BCUT2D eigenvalue weighted by atomic mass is 32.1. The molecule has 7 N–H and O–H groups in total. The van der Waals surface area contributed by atoms with Crippen molar-refractivity contribution in [2.45, 2.75) is 31.0 Å². The van der Waals surface area contributed by atoms with E-state index in [2.05, 4.69) is 38.5 Å². The van der Waals surface area contributed by atoms with Crippen LogP contribution in [0.2, 0.25) is 0 Å². The van der Waals surface area contributed by atoms with Crippen molar-refractivity contribution in [3.05, 3.63) is 54.1 Å². The predicted molar refractivity (Wildman–Crippen MR) is 119 cm³/mol. The number of rotatable bonds is 12. The Kier molecular flexibility index (Phi) is 9.70. The first-order valence-corrected chi connectivity index (χ1v) is 10.4. The van der Waals surface area contributed by atoms with Crippen molar-refractivity contribution in [3.8, 4) is 0 Å². The largest absolute Gasteiger partial charge is 0.480 e. The summed E-state index contributed by atoms with van der Waals surface area (Å²) in [5, 5.41) is 16.5. The van der Waals surface area contributed by atoms with Gasteiger partial charge in [0.1, 0.15) is 12.1 Å². The first-order chi connectivity index (χ1) is 15.3. The molecule has 2 rings (SSSR count). The zero-order valence-corrected chi connectivity index (χ0v) is 18.0. The van der Waals surface area contributed by atoms with Crippen LogP contribution in [0.1, 0.15) is 11.3 Å². The number of carboxylic acid groups (broad SMARTS) is 1. The number of carbonyl (C=O) groups is 4. The summed E-state index contributed by atoms with van der Waals surface area (Å²) in [6.45, 7) is -0.470. The molecule has 0 fully saturated rings. The number of thiol groups is 1. The van der Waals surface area contributed by atoms with E-state index < -0.39 is 48.4 Å². The summed E-state index contributed by atoms with van der Waals surface area (Å²) < 4.78 is 0. The summed E-state index contributed by atoms with van der Waals surface area (Å²) in [6.07, 6.45) is 3.15. The average molecular weight is 463 g/mol. The van der Waals surface area contributed by atoms with Crippen LogP contribution in [-0.2, 0) is 32.0 Å². The number of hydrogen-bond acceptors (Lipinski definition) is 7. The molecular formula is C20H26N6O5S. The van der Waals surface area contributed by atoms with Crippen molar-refractivity contribution in [3.63, 3.8) is 0 Å². The van der Waals surface area contributed by atoms with Crippen molar-refractivity contribution in [1.29, 1.82) is 0 Å². The lowest BCUT2D eigenvalue weighted by molar-refractivity contribution is -0.141. The number of aromatic amines is 1. The van der Waals surface area contributed by atoms with Gasteiger partial charge in [0.15, 0.2) is 0 Å². The van der Waals surface area contributed by atoms with Crippen molar-refractivity contribution in [2.24, 2.45) is 5.73 Å². The molecule has 1 aromatic carbocycles. The fraction of sp³-hybridized carbons (Fsp3) is 0.350. The normalized spacial score (nSPS) is 13.4. The summed E-state index contributed by atoms with van der Waals surface area (Å²) >= 11 is 4.07. The van der Waals surface area contributed by atoms with Crippen molar-refractivity contribution in [1.82, 2.24) is 25.9 Å². The minimum absolute atomic E-state index is 0.00362. The van der Waals surface area contributed by atoms with E-state index in [-0.39, 0.29) is 12.2 Å². The van der Waals surface area contributed by atoms with Gasteiger partial charge in [-0.3, -0.25) is 14.4 Å². The van der Waals surface area contributed by atoms with Crippen LogP contribution in [0.25, 0.3) is 0 Å². The Morgan fingerprint density at radius 1 is 1.06 bits per heavy atom. The molecule has 0 spiro atoms. The van der Waals surface area contributed by atoms with E-state index in [0.717, 1.165) is 5.56 Å². The van der Waals surface area contributed by atoms with Crippen LogP contribution in [0.15, 0.2) is 42.9 Å². The van der Waals surface area contributed by atoms with Gasteiger partial charge in [0, 0.05) is 24.1 Å². The number of aromatic nitrogens is 2. The van der Waals surface area contributed by atoms with E-state index in [9.17, 15) is 24.3 Å². The monoisotopic (exact) mass is 462 g/mol. The molecule has 3 unspecified atom stereocenters. The maximum Gasteiger partial charge on any atom is 0.326 e. The van der Waals surface area contributed by atoms with Gasteiger partial charge in [0.05, 0.1) is 18.9 Å². The lowest BCUT2D eigenvalue weighted by atomic mass is 10.1. The number of hydrogen-bond donors (Lipinski definition) is 7. The number of nitrogens with one attached hydrogen (secondary N) is 4. The highest BCUT2D eigenvalue weighted by Gasteiger charge is 2.25. The number of benzene rings is 1. The van der Waals surface area contributed by atoms with Crippen molar-refractivity contribution in [2.75, 3.05) is 12.3 Å². The molecule has 0 aliphatic carbocycles. The number of imidazole rings is 1. The average Bonchev–Trinajstić information content (AvgIpc) is 3.29. The maximum atomic E-state index is 12.3. The van der Waals surface area contributed by atoms with Crippen LogP contribution in [0.4, 0.5) is 0 Å². The minimum atomic E-state index is -1.23. The summed E-state index contributed by atoms with van der Waals surface area (Å²) in [5.74, 6) is -3.12. The summed E-state index contributed by atoms with van der Waals surface area (Å²) in [7, 11) is 0. The van der Waals surface area contributed by atoms with Gasteiger partial charge < -0.3 is 31.8 Å². The fourth-order valence-corrected chi connectivity index (χ4v) is 3.04. The maximum absolute atomic E-state index is 12.3. The molecule has 0 saturated heterocycles. The van der Waals surface area contributed by atoms with E-state index in [1.807, 2.05) is 30.3 Å². The third kappa shape index (κ3) is 8.04. The summed E-state index contributed by atoms with van der Waals surface area (Å²) in [6, 6.07) is 6.11. The number of H-pyrrole nitrogens is 1. The van der Waals surface area contributed by atoms with Gasteiger partial charge in [-0.05, 0) is 12.0 Å². The first kappa shape index (κ1) is 24.9. The molecule has 1 heterocycles. The molecule has 11 nitrogen and oxygen atoms in total. The van der Waals surface area contributed by atoms with Crippen LogP contribution in [0, 0.1) is 0 Å². The molecule has 172 valence electrons. The SMILES string of the molecule is NC(Cc1ccccc1)C(=O)NC(CS)C(=O)NCC(=O)NC(Cc1cnc[nH]1)C(=O)O. The molecule has 3 atom stereocenters. The number of amides is 3. The molecule has 12 heteroatoms. The number of nitrogens with zero attached hydrogens (tertiary/aromatic N) is 1. The smallest absolute Gasteiger partial charge is 0.326 e. The second-order valence-corrected chi connectivity index (χ2v) is 7.36. The number of nitrogens with two attached hydrogens (primary N) is 1. The van der Waals surface area contributed by atoms with E-state index in [0.29, 0.717) is 12.1 Å². The second-order valence-electron chi connectivity index (χ2n) is 7.00. The predicted octanol–water partition coefficient (Wildman–Crippen LogP) is -1.38. The molecule has 32 heavy (non-hydrogen) atoms. The van der Waals surface area contributed by atoms with Crippen molar-refractivity contribution < 1.29 is 24.3 Å². The lowest BCUT2D eigenvalue weighted by Gasteiger charge is -2.19. The molecule has 3 amide bonds. The van der Waals surface area contributed by atoms with E-state index in [1.165, 1.54) is 12.5 Å². The Labute approximate surface area is 190 Å². The summed E-state index contributed by atoms with van der Waals surface area (Å²) in [5.41, 5.74) is 7.33. The minimum Gasteiger partial charge on any atom is -0.480 e. The Morgan fingerprint density at radius 2 is 1.78 bits per heavy atom. The van der Waals surface area contributed by atoms with Crippen LogP contribution < -0.4 is 21.7 Å². The van der Waals surface area contributed by atoms with E-state index >= 15 is 0 Å². The molecule has 0 aliphatic heterocycles. The Morgan fingerprint density at radius 3 is 2.38 bits per heavy atom. The molecule has 0 bridgehead atoms. The third-order valence-electron chi connectivity index (χ3n) is 4.49. The van der Waals surface area contributed by atoms with Gasteiger partial charge in [-0.25, -0.2) is 9.78 Å². The van der Waals surface area contributed by atoms with Gasteiger partial charge >= 0.3 is 5.97 Å². The van der Waals surface area contributed by atoms with Crippen molar-refractivity contribution >= 4 is 36.3 Å². The second kappa shape index (κ2) is 12.5. The first-order valence-electron chi connectivity index (χ1n) is 9.78. The number of carboxylic acids is 1. The molecular weight excluding hydrogens is 436 g/mol. The van der Waals surface area contributed by atoms with Crippen LogP contribution in [0.3, 0.4) is 0 Å². The zero-order valence-electron chi connectivity index (χ0n) is 17.2. The highest BCUT2D eigenvalue weighted by Crippen LogP contribution is 2.03. The van der Waals surface area contributed by atoms with Gasteiger partial charge in [-0.1, -0.05) is 30.3 Å². The third-order valence-corrected chi connectivity index (χ3v) is 4.85. The lowest BCUT2D eigenvalue weighted by Crippen LogP contribution is -2.54. The Bertz CT molecular complexity index is 908. The topological polar surface area (TPSA) is 179 Å². The molecule has 0 saturated carbocycles.